The van der Waals surface area contributed by atoms with Gasteiger partial charge < -0.3 is 15.5 Å². The first-order valence-corrected chi connectivity index (χ1v) is 7.27. The van der Waals surface area contributed by atoms with Crippen LogP contribution < -0.4 is 10.6 Å². The molecule has 1 fully saturated rings. The van der Waals surface area contributed by atoms with Gasteiger partial charge in [0.05, 0.1) is 16.4 Å². The number of hydrogen-bond acceptors (Lipinski definition) is 4. The highest BCUT2D eigenvalue weighted by Crippen LogP contribution is 2.29. The Hall–Kier alpha value is -0.810. The third-order valence-electron chi connectivity index (χ3n) is 3.49. The minimum absolute atomic E-state index is 0.518. The van der Waals surface area contributed by atoms with Gasteiger partial charge in [0.1, 0.15) is 5.82 Å². The van der Waals surface area contributed by atoms with Crippen molar-refractivity contribution in [2.75, 3.05) is 37.3 Å². The number of aromatic nitrogens is 1. The normalized spacial score (nSPS) is 21.9. The van der Waals surface area contributed by atoms with Crippen LogP contribution in [0.2, 0.25) is 0 Å². The van der Waals surface area contributed by atoms with E-state index < -0.39 is 0 Å². The summed E-state index contributed by atoms with van der Waals surface area (Å²) < 4.78 is 0.991. The fourth-order valence-corrected chi connectivity index (χ4v) is 3.12. The second kappa shape index (κ2) is 5.89. The van der Waals surface area contributed by atoms with Gasteiger partial charge in [-0.15, -0.1) is 0 Å². The van der Waals surface area contributed by atoms with Crippen LogP contribution in [-0.4, -0.2) is 42.6 Å². The predicted octanol–water partition coefficient (Wildman–Crippen LogP) is 2.35. The summed E-state index contributed by atoms with van der Waals surface area (Å²) in [5.74, 6) is 1.02. The third kappa shape index (κ3) is 2.95. The quantitative estimate of drug-likeness (QED) is 0.910. The highest BCUT2D eigenvalue weighted by Gasteiger charge is 2.24. The summed E-state index contributed by atoms with van der Waals surface area (Å²) in [5.41, 5.74) is 6.46. The molecule has 0 spiro atoms. The van der Waals surface area contributed by atoms with Gasteiger partial charge in [-0.25, -0.2) is 4.98 Å². The number of anilines is 2. The molecule has 5 heteroatoms. The topological polar surface area (TPSA) is 45.4 Å². The van der Waals surface area contributed by atoms with Gasteiger partial charge >= 0.3 is 0 Å². The zero-order chi connectivity index (χ0) is 13.1. The SMILES string of the molecule is CCC1CN(C)CCCN1c1ncc(N)cc1Br. The lowest BCUT2D eigenvalue weighted by molar-refractivity contribution is 0.327. The molecule has 0 aliphatic carbocycles. The molecule has 1 aromatic heterocycles. The molecule has 2 rings (SSSR count). The maximum absolute atomic E-state index is 5.76. The predicted molar refractivity (Wildman–Crippen MR) is 79.9 cm³/mol. The number of nitrogens with two attached hydrogens (primary N) is 1. The Labute approximate surface area is 117 Å². The third-order valence-corrected chi connectivity index (χ3v) is 4.07. The Morgan fingerprint density at radius 1 is 1.50 bits per heavy atom. The second-order valence-electron chi connectivity index (χ2n) is 4.95. The minimum atomic E-state index is 0.518. The van der Waals surface area contributed by atoms with E-state index in [9.17, 15) is 0 Å². The van der Waals surface area contributed by atoms with Crippen LogP contribution in [0.3, 0.4) is 0 Å². The average Bonchev–Trinajstić information content (AvgIpc) is 2.51. The van der Waals surface area contributed by atoms with E-state index in [0.717, 1.165) is 36.3 Å². The maximum Gasteiger partial charge on any atom is 0.143 e. The molecule has 2 N–H and O–H groups in total. The van der Waals surface area contributed by atoms with E-state index in [4.69, 9.17) is 5.73 Å². The summed E-state index contributed by atoms with van der Waals surface area (Å²) in [7, 11) is 2.19. The first-order valence-electron chi connectivity index (χ1n) is 6.48. The summed E-state index contributed by atoms with van der Waals surface area (Å²) in [6, 6.07) is 2.45. The highest BCUT2D eigenvalue weighted by atomic mass is 79.9. The smallest absolute Gasteiger partial charge is 0.143 e. The van der Waals surface area contributed by atoms with Crippen molar-refractivity contribution >= 4 is 27.4 Å². The lowest BCUT2D eigenvalue weighted by atomic mass is 10.2. The van der Waals surface area contributed by atoms with Crippen LogP contribution in [0.1, 0.15) is 19.8 Å². The average molecular weight is 313 g/mol. The first-order chi connectivity index (χ1) is 8.61. The fraction of sp³-hybridized carbons (Fsp3) is 0.615. The number of rotatable bonds is 2. The number of halogens is 1. The largest absolute Gasteiger partial charge is 0.397 e. The molecule has 1 unspecified atom stereocenters. The minimum Gasteiger partial charge on any atom is -0.397 e. The number of pyridine rings is 1. The Balaban J connectivity index is 2.28. The zero-order valence-electron chi connectivity index (χ0n) is 11.1. The van der Waals surface area contributed by atoms with Crippen molar-refractivity contribution in [3.8, 4) is 0 Å². The van der Waals surface area contributed by atoms with E-state index in [-0.39, 0.29) is 0 Å². The summed E-state index contributed by atoms with van der Waals surface area (Å²) in [5, 5.41) is 0. The van der Waals surface area contributed by atoms with Crippen molar-refractivity contribution in [3.05, 3.63) is 16.7 Å². The first kappa shape index (κ1) is 13.6. The van der Waals surface area contributed by atoms with E-state index >= 15 is 0 Å². The molecule has 1 aromatic rings. The molecule has 2 heterocycles. The zero-order valence-corrected chi connectivity index (χ0v) is 12.7. The number of hydrogen-bond donors (Lipinski definition) is 1. The fourth-order valence-electron chi connectivity index (χ4n) is 2.53. The Bertz CT molecular complexity index is 410. The molecule has 0 aromatic carbocycles. The highest BCUT2D eigenvalue weighted by molar-refractivity contribution is 9.10. The molecule has 18 heavy (non-hydrogen) atoms. The van der Waals surface area contributed by atoms with Crippen LogP contribution in [0, 0.1) is 0 Å². The van der Waals surface area contributed by atoms with Crippen molar-refractivity contribution in [3.63, 3.8) is 0 Å². The van der Waals surface area contributed by atoms with Crippen LogP contribution in [0.4, 0.5) is 11.5 Å². The van der Waals surface area contributed by atoms with Gasteiger partial charge in [-0.05, 0) is 48.4 Å². The van der Waals surface area contributed by atoms with Gasteiger partial charge in [-0.1, -0.05) is 6.92 Å². The monoisotopic (exact) mass is 312 g/mol. The van der Waals surface area contributed by atoms with Crippen LogP contribution in [0.15, 0.2) is 16.7 Å². The molecular weight excluding hydrogens is 292 g/mol. The van der Waals surface area contributed by atoms with Crippen molar-refractivity contribution in [1.82, 2.24) is 9.88 Å². The molecule has 0 amide bonds. The molecule has 1 saturated heterocycles. The number of likely N-dealkylation sites (N-methyl/N-ethyl adjacent to an activating group) is 1. The van der Waals surface area contributed by atoms with Gasteiger partial charge in [-0.2, -0.15) is 0 Å². The molecule has 100 valence electrons. The molecule has 0 radical (unpaired) electrons. The summed E-state index contributed by atoms with van der Waals surface area (Å²) in [6.45, 7) is 5.54. The molecule has 1 aliphatic heterocycles. The lowest BCUT2D eigenvalue weighted by Gasteiger charge is -2.31. The Morgan fingerprint density at radius 3 is 2.94 bits per heavy atom. The van der Waals surface area contributed by atoms with Crippen molar-refractivity contribution in [1.29, 1.82) is 0 Å². The summed E-state index contributed by atoms with van der Waals surface area (Å²) in [4.78, 5) is 9.31. The van der Waals surface area contributed by atoms with Gasteiger partial charge in [0, 0.05) is 19.1 Å². The van der Waals surface area contributed by atoms with Crippen LogP contribution in [0.25, 0.3) is 0 Å². The Morgan fingerprint density at radius 2 is 2.28 bits per heavy atom. The molecule has 1 atom stereocenters. The molecule has 4 nitrogen and oxygen atoms in total. The molecular formula is C13H21BrN4. The van der Waals surface area contributed by atoms with E-state index in [1.807, 2.05) is 6.07 Å². The number of nitrogens with zero attached hydrogens (tertiary/aromatic N) is 3. The van der Waals surface area contributed by atoms with Gasteiger partial charge in [-0.3, -0.25) is 0 Å². The molecule has 0 saturated carbocycles. The van der Waals surface area contributed by atoms with E-state index in [0.29, 0.717) is 11.7 Å². The van der Waals surface area contributed by atoms with Crippen LogP contribution >= 0.6 is 15.9 Å². The lowest BCUT2D eigenvalue weighted by Crippen LogP contribution is -2.40. The van der Waals surface area contributed by atoms with Crippen molar-refractivity contribution < 1.29 is 0 Å². The number of nitrogen functional groups attached to an aromatic ring is 1. The Kier molecular flexibility index (Phi) is 4.45. The van der Waals surface area contributed by atoms with Gasteiger partial charge in [0.15, 0.2) is 0 Å². The second-order valence-corrected chi connectivity index (χ2v) is 5.80. The van der Waals surface area contributed by atoms with E-state index in [2.05, 4.69) is 44.7 Å². The summed E-state index contributed by atoms with van der Waals surface area (Å²) in [6.07, 6.45) is 4.04. The maximum atomic E-state index is 5.76. The van der Waals surface area contributed by atoms with Crippen LogP contribution in [-0.2, 0) is 0 Å². The standard InChI is InChI=1S/C13H21BrN4/c1-3-11-9-17(2)5-4-6-18(11)13-12(14)7-10(15)8-16-13/h7-8,11H,3-6,9,15H2,1-2H3. The molecule has 0 bridgehead atoms. The molecule has 1 aliphatic rings. The van der Waals surface area contributed by atoms with Crippen molar-refractivity contribution in [2.24, 2.45) is 0 Å². The van der Waals surface area contributed by atoms with Gasteiger partial charge in [0.2, 0.25) is 0 Å². The summed E-state index contributed by atoms with van der Waals surface area (Å²) >= 11 is 3.58. The van der Waals surface area contributed by atoms with Crippen LogP contribution in [0.5, 0.6) is 0 Å². The van der Waals surface area contributed by atoms with E-state index in [1.165, 1.54) is 6.42 Å². The van der Waals surface area contributed by atoms with E-state index in [1.54, 1.807) is 6.20 Å². The van der Waals surface area contributed by atoms with Gasteiger partial charge in [0.25, 0.3) is 0 Å². The van der Waals surface area contributed by atoms with Crippen molar-refractivity contribution in [2.45, 2.75) is 25.8 Å².